The van der Waals surface area contributed by atoms with Crippen LogP contribution in [0.2, 0.25) is 0 Å². The van der Waals surface area contributed by atoms with E-state index < -0.39 is 0 Å². The second-order valence-electron chi connectivity index (χ2n) is 8.03. The fourth-order valence-corrected chi connectivity index (χ4v) is 4.92. The summed E-state index contributed by atoms with van der Waals surface area (Å²) < 4.78 is 0. The van der Waals surface area contributed by atoms with Crippen molar-refractivity contribution in [3.05, 3.63) is 127 Å². The first kappa shape index (κ1) is 24.1. The Morgan fingerprint density at radius 3 is 1.81 bits per heavy atom. The summed E-state index contributed by atoms with van der Waals surface area (Å²) in [5.74, 6) is 1.38. The molecule has 0 heterocycles. The first-order chi connectivity index (χ1) is 15.8. The fraction of sp³-hybridized carbons (Fsp3) is 0.267. The number of rotatable bonds is 14. The second-order valence-corrected chi connectivity index (χ2v) is 9.19. The summed E-state index contributed by atoms with van der Waals surface area (Å²) in [6.45, 7) is 11.0. The van der Waals surface area contributed by atoms with E-state index in [-0.39, 0.29) is 5.92 Å². The Kier molecular flexibility index (Phi) is 10.4. The Morgan fingerprint density at radius 2 is 1.25 bits per heavy atom. The average molecular weight is 442 g/mol. The van der Waals surface area contributed by atoms with E-state index in [1.807, 2.05) is 23.9 Å². The molecular formula is C30H35NS. The number of benzene rings is 3. The lowest BCUT2D eigenvalue weighted by atomic mass is 9.85. The van der Waals surface area contributed by atoms with Crippen LogP contribution in [0.15, 0.2) is 115 Å². The highest BCUT2D eigenvalue weighted by Crippen LogP contribution is 2.33. The SMILES string of the molecule is C=CCCN(CCC=C)CCCSc1cccc(C(c2ccccc2)c2ccccc2)c1. The van der Waals surface area contributed by atoms with Gasteiger partial charge in [0.2, 0.25) is 0 Å². The fourth-order valence-electron chi connectivity index (χ4n) is 4.01. The van der Waals surface area contributed by atoms with E-state index in [4.69, 9.17) is 0 Å². The smallest absolute Gasteiger partial charge is 0.0340 e. The van der Waals surface area contributed by atoms with Gasteiger partial charge in [0, 0.05) is 23.9 Å². The van der Waals surface area contributed by atoms with Crippen LogP contribution in [-0.4, -0.2) is 30.3 Å². The zero-order valence-corrected chi connectivity index (χ0v) is 19.9. The van der Waals surface area contributed by atoms with Crippen molar-refractivity contribution in [3.8, 4) is 0 Å². The van der Waals surface area contributed by atoms with Gasteiger partial charge in [0.05, 0.1) is 0 Å². The van der Waals surface area contributed by atoms with Crippen LogP contribution in [0.1, 0.15) is 41.9 Å². The number of thioether (sulfide) groups is 1. The normalized spacial score (nSPS) is 11.1. The summed E-state index contributed by atoms with van der Waals surface area (Å²) in [4.78, 5) is 3.88. The van der Waals surface area contributed by atoms with Crippen molar-refractivity contribution in [2.75, 3.05) is 25.4 Å². The second kappa shape index (κ2) is 13.8. The van der Waals surface area contributed by atoms with Crippen LogP contribution in [0.25, 0.3) is 0 Å². The van der Waals surface area contributed by atoms with Gasteiger partial charge in [0.15, 0.2) is 0 Å². The first-order valence-corrected chi connectivity index (χ1v) is 12.6. The van der Waals surface area contributed by atoms with Gasteiger partial charge in [-0.2, -0.15) is 0 Å². The van der Waals surface area contributed by atoms with Crippen LogP contribution in [-0.2, 0) is 0 Å². The molecule has 0 fully saturated rings. The van der Waals surface area contributed by atoms with Crippen molar-refractivity contribution in [1.82, 2.24) is 4.90 Å². The van der Waals surface area contributed by atoms with Crippen LogP contribution >= 0.6 is 11.8 Å². The molecule has 0 bridgehead atoms. The Balaban J connectivity index is 1.66. The maximum Gasteiger partial charge on any atom is 0.0340 e. The molecular weight excluding hydrogens is 406 g/mol. The molecule has 0 N–H and O–H groups in total. The van der Waals surface area contributed by atoms with Crippen molar-refractivity contribution in [2.45, 2.75) is 30.1 Å². The van der Waals surface area contributed by atoms with E-state index in [0.29, 0.717) is 0 Å². The molecule has 0 saturated heterocycles. The summed E-state index contributed by atoms with van der Waals surface area (Å²) in [5, 5.41) is 0. The zero-order chi connectivity index (χ0) is 22.4. The van der Waals surface area contributed by atoms with Gasteiger partial charge in [0.1, 0.15) is 0 Å². The summed E-state index contributed by atoms with van der Waals surface area (Å²) >= 11 is 1.97. The topological polar surface area (TPSA) is 3.24 Å². The van der Waals surface area contributed by atoms with Crippen molar-refractivity contribution >= 4 is 11.8 Å². The van der Waals surface area contributed by atoms with Gasteiger partial charge in [-0.05, 0) is 60.4 Å². The monoisotopic (exact) mass is 441 g/mol. The molecule has 0 amide bonds. The van der Waals surface area contributed by atoms with Gasteiger partial charge in [-0.3, -0.25) is 0 Å². The largest absolute Gasteiger partial charge is 0.303 e. The highest BCUT2D eigenvalue weighted by atomic mass is 32.2. The highest BCUT2D eigenvalue weighted by Gasteiger charge is 2.16. The van der Waals surface area contributed by atoms with Gasteiger partial charge in [0.25, 0.3) is 0 Å². The van der Waals surface area contributed by atoms with Gasteiger partial charge in [-0.1, -0.05) is 84.9 Å². The molecule has 0 unspecified atom stereocenters. The zero-order valence-electron chi connectivity index (χ0n) is 19.0. The van der Waals surface area contributed by atoms with Crippen molar-refractivity contribution in [1.29, 1.82) is 0 Å². The Hall–Kier alpha value is -2.55. The number of hydrogen-bond donors (Lipinski definition) is 0. The highest BCUT2D eigenvalue weighted by molar-refractivity contribution is 7.99. The minimum Gasteiger partial charge on any atom is -0.303 e. The van der Waals surface area contributed by atoms with Crippen molar-refractivity contribution in [3.63, 3.8) is 0 Å². The van der Waals surface area contributed by atoms with E-state index in [9.17, 15) is 0 Å². The summed E-state index contributed by atoms with van der Waals surface area (Å²) in [7, 11) is 0. The minimum absolute atomic E-state index is 0.256. The predicted molar refractivity (Wildman–Crippen MR) is 142 cm³/mol. The lowest BCUT2D eigenvalue weighted by Crippen LogP contribution is -2.27. The van der Waals surface area contributed by atoms with Crippen molar-refractivity contribution < 1.29 is 0 Å². The van der Waals surface area contributed by atoms with Gasteiger partial charge in [-0.15, -0.1) is 24.9 Å². The van der Waals surface area contributed by atoms with E-state index in [0.717, 1.165) is 38.2 Å². The molecule has 2 heteroatoms. The van der Waals surface area contributed by atoms with Crippen LogP contribution in [0.3, 0.4) is 0 Å². The maximum absolute atomic E-state index is 3.86. The molecule has 166 valence electrons. The molecule has 0 aliphatic carbocycles. The lowest BCUT2D eigenvalue weighted by Gasteiger charge is -2.21. The molecule has 0 radical (unpaired) electrons. The molecule has 1 nitrogen and oxygen atoms in total. The van der Waals surface area contributed by atoms with Crippen molar-refractivity contribution in [2.24, 2.45) is 0 Å². The van der Waals surface area contributed by atoms with Gasteiger partial charge < -0.3 is 4.90 Å². The molecule has 0 aromatic heterocycles. The molecule has 0 spiro atoms. The average Bonchev–Trinajstić information content (AvgIpc) is 2.85. The molecule has 32 heavy (non-hydrogen) atoms. The maximum atomic E-state index is 3.86. The van der Waals surface area contributed by atoms with E-state index in [2.05, 4.69) is 103 Å². The molecule has 3 aromatic rings. The van der Waals surface area contributed by atoms with Gasteiger partial charge in [-0.25, -0.2) is 0 Å². The molecule has 0 aliphatic rings. The van der Waals surface area contributed by atoms with Gasteiger partial charge >= 0.3 is 0 Å². The van der Waals surface area contributed by atoms with E-state index in [1.54, 1.807) is 0 Å². The predicted octanol–water partition coefficient (Wildman–Crippen LogP) is 7.80. The number of nitrogens with zero attached hydrogens (tertiary/aromatic N) is 1. The van der Waals surface area contributed by atoms with Crippen LogP contribution in [0.4, 0.5) is 0 Å². The number of hydrogen-bond acceptors (Lipinski definition) is 2. The summed E-state index contributed by atoms with van der Waals surface area (Å²) in [6.07, 6.45) is 7.30. The third-order valence-electron chi connectivity index (χ3n) is 5.64. The van der Waals surface area contributed by atoms with Crippen LogP contribution < -0.4 is 0 Å². The third-order valence-corrected chi connectivity index (χ3v) is 6.72. The quantitative estimate of drug-likeness (QED) is 0.109. The molecule has 0 aliphatic heterocycles. The Morgan fingerprint density at radius 1 is 0.688 bits per heavy atom. The van der Waals surface area contributed by atoms with Crippen LogP contribution in [0, 0.1) is 0 Å². The van der Waals surface area contributed by atoms with E-state index >= 15 is 0 Å². The molecule has 3 rings (SSSR count). The summed E-state index contributed by atoms with van der Waals surface area (Å²) in [6, 6.07) is 30.7. The Labute approximate surface area is 198 Å². The first-order valence-electron chi connectivity index (χ1n) is 11.6. The summed E-state index contributed by atoms with van der Waals surface area (Å²) in [5.41, 5.74) is 4.02. The molecule has 0 saturated carbocycles. The van der Waals surface area contributed by atoms with E-state index in [1.165, 1.54) is 28.0 Å². The lowest BCUT2D eigenvalue weighted by molar-refractivity contribution is 0.285. The molecule has 0 atom stereocenters. The minimum atomic E-state index is 0.256. The third kappa shape index (κ3) is 7.55. The standard InChI is InChI=1S/C30H35NS/c1-3-5-21-31(22-6-4-2)23-14-24-32-29-20-13-19-28(25-29)30(26-15-9-7-10-16-26)27-17-11-8-12-18-27/h3-4,7-13,15-20,25,30H,1-2,5-6,14,21-24H2. The molecule has 3 aromatic carbocycles. The van der Waals surface area contributed by atoms with Crippen LogP contribution in [0.5, 0.6) is 0 Å². The Bertz CT molecular complexity index is 884.